The van der Waals surface area contributed by atoms with Crippen molar-refractivity contribution < 1.29 is 9.59 Å². The molecule has 1 N–H and O–H groups in total. The van der Waals surface area contributed by atoms with Crippen LogP contribution in [0.5, 0.6) is 0 Å². The molecule has 0 aromatic rings. The molecule has 0 aromatic carbocycles. The third-order valence-electron chi connectivity index (χ3n) is 5.50. The van der Waals surface area contributed by atoms with Gasteiger partial charge in [0.2, 0.25) is 0 Å². The number of likely N-dealkylation sites (N-methyl/N-ethyl adjacent to an activating group) is 1. The number of hydrogen-bond donors (Lipinski definition) is 1. The van der Waals surface area contributed by atoms with Crippen LogP contribution in [0.1, 0.15) is 110 Å². The zero-order valence-corrected chi connectivity index (χ0v) is 19.0. The topological polar surface area (TPSA) is 20.2 Å². The lowest BCUT2D eigenvalue weighted by molar-refractivity contribution is -0.893. The highest BCUT2D eigenvalue weighted by atomic mass is 35.5. The minimum Gasteiger partial charge on any atom is -0.386 e. The molecule has 0 rings (SSSR count). The molecule has 2 nitrogen and oxygen atoms in total. The molecule has 0 radical (unpaired) electrons. The number of quaternary nitrogens is 1. The number of unbranched alkanes of at least 4 members (excludes halogenated alkanes) is 15. The molecule has 0 aromatic heterocycles. The summed E-state index contributed by atoms with van der Waals surface area (Å²) in [7, 11) is 4.39. The third kappa shape index (κ3) is 19.0. The second-order valence-electron chi connectivity index (χ2n) is 8.95. The van der Waals surface area contributed by atoms with Crippen molar-refractivity contribution in [1.29, 1.82) is 0 Å². The first-order valence-corrected chi connectivity index (χ1v) is 12.1. The van der Waals surface area contributed by atoms with Crippen LogP contribution in [-0.2, 0) is 0 Å². The summed E-state index contributed by atoms with van der Waals surface area (Å²) in [5.41, 5.74) is 0. The van der Waals surface area contributed by atoms with Gasteiger partial charge in [0.15, 0.2) is 0 Å². The normalized spacial score (nSPS) is 13.3. The molecule has 0 spiro atoms. The van der Waals surface area contributed by atoms with Gasteiger partial charge < -0.3 is 9.59 Å². The highest BCUT2D eigenvalue weighted by Crippen LogP contribution is 2.14. The van der Waals surface area contributed by atoms with Crippen LogP contribution in [0.4, 0.5) is 0 Å². The van der Waals surface area contributed by atoms with E-state index in [1.54, 1.807) is 0 Å². The predicted octanol–water partition coefficient (Wildman–Crippen LogP) is 6.92. The van der Waals surface area contributed by atoms with Crippen LogP contribution in [0.2, 0.25) is 0 Å². The van der Waals surface area contributed by atoms with Crippen LogP contribution in [-0.4, -0.2) is 48.8 Å². The first-order chi connectivity index (χ1) is 12.5. The minimum absolute atomic E-state index is 0.348. The largest absolute Gasteiger partial charge is 0.386 e. The molecule has 0 saturated carbocycles. The van der Waals surface area contributed by atoms with Gasteiger partial charge in [0.05, 0.1) is 26.5 Å². The van der Waals surface area contributed by atoms with Crippen molar-refractivity contribution in [3.8, 4) is 0 Å². The molecule has 0 bridgehead atoms. The van der Waals surface area contributed by atoms with E-state index in [1.807, 2.05) is 0 Å². The maximum absolute atomic E-state index is 9.68. The van der Waals surface area contributed by atoms with Crippen molar-refractivity contribution in [2.24, 2.45) is 0 Å². The molecule has 0 fully saturated rings. The van der Waals surface area contributed by atoms with E-state index in [0.29, 0.717) is 5.88 Å². The summed E-state index contributed by atoms with van der Waals surface area (Å²) in [6.07, 6.45) is 22.2. The Morgan fingerprint density at radius 3 is 1.35 bits per heavy atom. The van der Waals surface area contributed by atoms with E-state index in [4.69, 9.17) is 11.6 Å². The van der Waals surface area contributed by atoms with E-state index in [-0.39, 0.29) is 6.10 Å². The van der Waals surface area contributed by atoms with Crippen molar-refractivity contribution in [2.75, 3.05) is 33.1 Å². The Morgan fingerprint density at radius 2 is 1.00 bits per heavy atom. The lowest BCUT2D eigenvalue weighted by Gasteiger charge is -2.31. The molecule has 0 unspecified atom stereocenters. The first-order valence-electron chi connectivity index (χ1n) is 11.6. The van der Waals surface area contributed by atoms with Crippen LogP contribution in [0.15, 0.2) is 0 Å². The third-order valence-corrected chi connectivity index (χ3v) is 5.86. The van der Waals surface area contributed by atoms with Gasteiger partial charge in [-0.15, -0.1) is 11.6 Å². The molecule has 0 aliphatic heterocycles. The fraction of sp³-hybridized carbons (Fsp3) is 1.00. The van der Waals surface area contributed by atoms with Gasteiger partial charge in [0.1, 0.15) is 12.6 Å². The van der Waals surface area contributed by atoms with Gasteiger partial charge in [-0.3, -0.25) is 0 Å². The SMILES string of the molecule is CCCCCCCCCCCCCCCCCC[N+](C)(C)C[C@@H](O)CCl. The second-order valence-corrected chi connectivity index (χ2v) is 9.26. The molecular weight excluding hydrogens is 342 g/mol. The van der Waals surface area contributed by atoms with Gasteiger partial charge in [-0.25, -0.2) is 0 Å². The Morgan fingerprint density at radius 1 is 0.654 bits per heavy atom. The van der Waals surface area contributed by atoms with Crippen molar-refractivity contribution in [3.63, 3.8) is 0 Å². The predicted molar refractivity (Wildman–Crippen MR) is 118 cm³/mol. The lowest BCUT2D eigenvalue weighted by atomic mass is 10.0. The van der Waals surface area contributed by atoms with Gasteiger partial charge in [-0.2, -0.15) is 0 Å². The summed E-state index contributed by atoms with van der Waals surface area (Å²) < 4.78 is 0.881. The fourth-order valence-electron chi connectivity index (χ4n) is 3.80. The van der Waals surface area contributed by atoms with Gasteiger partial charge in [0, 0.05) is 0 Å². The van der Waals surface area contributed by atoms with Crippen LogP contribution in [0, 0.1) is 0 Å². The zero-order valence-electron chi connectivity index (χ0n) is 18.3. The van der Waals surface area contributed by atoms with E-state index in [9.17, 15) is 5.11 Å². The minimum atomic E-state index is -0.368. The maximum atomic E-state index is 9.68. The van der Waals surface area contributed by atoms with Gasteiger partial charge in [0.25, 0.3) is 0 Å². The Bertz CT molecular complexity index is 283. The fourth-order valence-corrected chi connectivity index (χ4v) is 3.90. The van der Waals surface area contributed by atoms with Crippen LogP contribution >= 0.6 is 11.6 Å². The van der Waals surface area contributed by atoms with E-state index in [0.717, 1.165) is 17.6 Å². The van der Waals surface area contributed by atoms with Crippen molar-refractivity contribution in [2.45, 2.75) is 116 Å². The summed E-state index contributed by atoms with van der Waals surface area (Å²) in [6, 6.07) is 0. The zero-order chi connectivity index (χ0) is 19.5. The van der Waals surface area contributed by atoms with Gasteiger partial charge in [-0.05, 0) is 12.8 Å². The number of aliphatic hydroxyl groups is 1. The summed E-state index contributed by atoms with van der Waals surface area (Å²) in [5.74, 6) is 0.348. The van der Waals surface area contributed by atoms with E-state index < -0.39 is 0 Å². The van der Waals surface area contributed by atoms with Crippen LogP contribution < -0.4 is 0 Å². The molecule has 3 heteroatoms. The molecular formula is C23H49ClNO+. The monoisotopic (exact) mass is 390 g/mol. The molecule has 0 heterocycles. The molecule has 1 atom stereocenters. The second kappa shape index (κ2) is 18.6. The molecule has 26 heavy (non-hydrogen) atoms. The van der Waals surface area contributed by atoms with E-state index >= 15 is 0 Å². The van der Waals surface area contributed by atoms with E-state index in [1.165, 1.54) is 103 Å². The van der Waals surface area contributed by atoms with Crippen molar-refractivity contribution in [3.05, 3.63) is 0 Å². The Hall–Kier alpha value is 0.210. The quantitative estimate of drug-likeness (QED) is 0.136. The van der Waals surface area contributed by atoms with Crippen molar-refractivity contribution in [1.82, 2.24) is 0 Å². The van der Waals surface area contributed by atoms with Crippen LogP contribution in [0.3, 0.4) is 0 Å². The van der Waals surface area contributed by atoms with E-state index in [2.05, 4.69) is 21.0 Å². The van der Waals surface area contributed by atoms with Crippen LogP contribution in [0.25, 0.3) is 0 Å². The summed E-state index contributed by atoms with van der Waals surface area (Å²) >= 11 is 5.70. The Kier molecular flexibility index (Phi) is 18.7. The molecule has 0 saturated heterocycles. The number of hydrogen-bond acceptors (Lipinski definition) is 1. The standard InChI is InChI=1S/C23H49ClNO/c1-4-5-6-7-8-9-10-11-12-13-14-15-16-17-18-19-20-25(2,3)22-23(26)21-24/h23,26H,4-22H2,1-3H3/q+1/t23-/m0/s1. The summed E-state index contributed by atoms with van der Waals surface area (Å²) in [6.45, 7) is 4.20. The molecule has 158 valence electrons. The van der Waals surface area contributed by atoms with Gasteiger partial charge in [-0.1, -0.05) is 96.8 Å². The van der Waals surface area contributed by atoms with Crippen molar-refractivity contribution >= 4 is 11.6 Å². The summed E-state index contributed by atoms with van der Waals surface area (Å²) in [5, 5.41) is 9.68. The Balaban J connectivity index is 3.22. The molecule has 0 aliphatic carbocycles. The summed E-state index contributed by atoms with van der Waals surface area (Å²) in [4.78, 5) is 0. The Labute approximate surface area is 170 Å². The first kappa shape index (κ1) is 26.2. The molecule has 0 aliphatic rings. The number of alkyl halides is 1. The smallest absolute Gasteiger partial charge is 0.116 e. The lowest BCUT2D eigenvalue weighted by Crippen LogP contribution is -2.46. The number of rotatable bonds is 20. The molecule has 0 amide bonds. The highest BCUT2D eigenvalue weighted by molar-refractivity contribution is 6.18. The van der Waals surface area contributed by atoms with Gasteiger partial charge >= 0.3 is 0 Å². The number of nitrogens with zero attached hydrogens (tertiary/aromatic N) is 1. The maximum Gasteiger partial charge on any atom is 0.116 e. The number of halogens is 1. The average molecular weight is 391 g/mol. The number of aliphatic hydroxyl groups excluding tert-OH is 1. The average Bonchev–Trinajstić information content (AvgIpc) is 2.60. The highest BCUT2D eigenvalue weighted by Gasteiger charge is 2.19.